The molecule has 1 aromatic carbocycles. The second-order valence-electron chi connectivity index (χ2n) is 6.81. The van der Waals surface area contributed by atoms with Crippen molar-refractivity contribution < 1.29 is 9.34 Å². The number of non-ortho nitro benzene ring substituents is 1. The van der Waals surface area contributed by atoms with E-state index in [1.165, 1.54) is 37.8 Å². The molecule has 138 valence electrons. The van der Waals surface area contributed by atoms with Crippen molar-refractivity contribution in [3.8, 4) is 11.5 Å². The summed E-state index contributed by atoms with van der Waals surface area (Å²) in [6.07, 6.45) is 4.79. The van der Waals surface area contributed by atoms with Crippen molar-refractivity contribution in [2.45, 2.75) is 48.6 Å². The van der Waals surface area contributed by atoms with Gasteiger partial charge in [0, 0.05) is 29.7 Å². The fourth-order valence-corrected chi connectivity index (χ4v) is 3.81. The third kappa shape index (κ3) is 3.32. The molecule has 0 bridgehead atoms. The Bertz CT molecular complexity index is 991. The lowest BCUT2D eigenvalue weighted by Crippen LogP contribution is -2.01. The molecule has 10 heteroatoms. The molecule has 2 heterocycles. The first-order valence-corrected chi connectivity index (χ1v) is 9.82. The monoisotopic (exact) mass is 384 g/mol. The van der Waals surface area contributed by atoms with E-state index in [-0.39, 0.29) is 5.69 Å². The van der Waals surface area contributed by atoms with Crippen LogP contribution in [-0.2, 0) is 5.75 Å². The van der Waals surface area contributed by atoms with Crippen LogP contribution in [0.25, 0.3) is 11.5 Å². The number of aromatic nitrogens is 5. The van der Waals surface area contributed by atoms with Gasteiger partial charge in [0.25, 0.3) is 5.69 Å². The topological polar surface area (TPSA) is 113 Å². The number of nitrogens with zero attached hydrogens (tertiary/aromatic N) is 6. The normalized spacial score (nSPS) is 16.6. The van der Waals surface area contributed by atoms with Gasteiger partial charge in [0.05, 0.1) is 10.7 Å². The van der Waals surface area contributed by atoms with Crippen LogP contribution in [-0.4, -0.2) is 29.9 Å². The van der Waals surface area contributed by atoms with Crippen LogP contribution in [0.5, 0.6) is 0 Å². The van der Waals surface area contributed by atoms with E-state index in [1.54, 1.807) is 23.9 Å². The van der Waals surface area contributed by atoms with Crippen LogP contribution < -0.4 is 0 Å². The maximum absolute atomic E-state index is 10.7. The molecule has 9 nitrogen and oxygen atoms in total. The zero-order chi connectivity index (χ0) is 18.4. The molecule has 0 atom stereocenters. The smallest absolute Gasteiger partial charge is 0.269 e. The Hall–Kier alpha value is -2.75. The highest BCUT2D eigenvalue weighted by Crippen LogP contribution is 2.46. The number of thioether (sulfide) groups is 1. The average molecular weight is 384 g/mol. The number of rotatable bonds is 7. The minimum Gasteiger partial charge on any atom is -0.420 e. The first kappa shape index (κ1) is 16.4. The lowest BCUT2D eigenvalue weighted by atomic mass is 10.2. The van der Waals surface area contributed by atoms with E-state index in [0.717, 1.165) is 11.0 Å². The van der Waals surface area contributed by atoms with Gasteiger partial charge < -0.3 is 8.98 Å². The fourth-order valence-electron chi connectivity index (χ4n) is 2.96. The molecule has 2 saturated carbocycles. The van der Waals surface area contributed by atoms with Gasteiger partial charge in [0.1, 0.15) is 5.82 Å². The zero-order valence-electron chi connectivity index (χ0n) is 14.3. The van der Waals surface area contributed by atoms with Crippen molar-refractivity contribution in [3.63, 3.8) is 0 Å². The van der Waals surface area contributed by atoms with E-state index >= 15 is 0 Å². The standard InChI is InChI=1S/C17H16N6O3S/c24-23(25)13-5-3-11(4-6-13)16-20-18-14(26-16)9-27-17-21-19-15(10-1-2-10)22(17)12-7-8-12/h3-6,10,12H,1-2,7-9H2. The third-order valence-corrected chi connectivity index (χ3v) is 5.59. The molecule has 0 radical (unpaired) electrons. The van der Waals surface area contributed by atoms with Gasteiger partial charge >= 0.3 is 0 Å². The molecule has 0 N–H and O–H groups in total. The molecule has 0 spiro atoms. The van der Waals surface area contributed by atoms with E-state index in [1.807, 2.05) is 0 Å². The number of benzene rings is 1. The van der Waals surface area contributed by atoms with Crippen LogP contribution in [0.1, 0.15) is 49.4 Å². The SMILES string of the molecule is O=[N+]([O-])c1ccc(-c2nnc(CSc3nnc(C4CC4)n3C3CC3)o2)cc1. The molecule has 0 unspecified atom stereocenters. The summed E-state index contributed by atoms with van der Waals surface area (Å²) in [6, 6.07) is 6.59. The summed E-state index contributed by atoms with van der Waals surface area (Å²) in [5.41, 5.74) is 0.682. The Morgan fingerprint density at radius 1 is 1.11 bits per heavy atom. The maximum atomic E-state index is 10.7. The number of nitro groups is 1. The summed E-state index contributed by atoms with van der Waals surface area (Å²) in [5, 5.41) is 28.5. The zero-order valence-corrected chi connectivity index (χ0v) is 15.1. The van der Waals surface area contributed by atoms with Crippen LogP contribution in [0.2, 0.25) is 0 Å². The van der Waals surface area contributed by atoms with Crippen LogP contribution in [0.15, 0.2) is 33.8 Å². The molecule has 2 aromatic heterocycles. The molecule has 27 heavy (non-hydrogen) atoms. The van der Waals surface area contributed by atoms with Crippen molar-refractivity contribution in [1.29, 1.82) is 0 Å². The number of hydrogen-bond acceptors (Lipinski definition) is 8. The Morgan fingerprint density at radius 3 is 2.56 bits per heavy atom. The molecular weight excluding hydrogens is 368 g/mol. The summed E-state index contributed by atoms with van der Waals surface area (Å²) in [5.74, 6) is 3.05. The minimum absolute atomic E-state index is 0.0277. The van der Waals surface area contributed by atoms with Crippen molar-refractivity contribution in [3.05, 3.63) is 46.1 Å². The second-order valence-corrected chi connectivity index (χ2v) is 7.75. The van der Waals surface area contributed by atoms with Gasteiger partial charge in [-0.2, -0.15) is 0 Å². The summed E-state index contributed by atoms with van der Waals surface area (Å²) in [4.78, 5) is 10.3. The van der Waals surface area contributed by atoms with E-state index in [2.05, 4.69) is 25.0 Å². The highest BCUT2D eigenvalue weighted by atomic mass is 32.2. The first-order chi connectivity index (χ1) is 13.2. The molecule has 0 amide bonds. The van der Waals surface area contributed by atoms with E-state index in [9.17, 15) is 10.1 Å². The number of nitro benzene ring substituents is 1. The Balaban J connectivity index is 1.29. The summed E-state index contributed by atoms with van der Waals surface area (Å²) in [7, 11) is 0. The predicted molar refractivity (Wildman–Crippen MR) is 96.2 cm³/mol. The lowest BCUT2D eigenvalue weighted by molar-refractivity contribution is -0.384. The fraction of sp³-hybridized carbons (Fsp3) is 0.412. The van der Waals surface area contributed by atoms with Crippen LogP contribution in [0.3, 0.4) is 0 Å². The van der Waals surface area contributed by atoms with Crippen LogP contribution in [0.4, 0.5) is 5.69 Å². The molecule has 0 aliphatic heterocycles. The third-order valence-electron chi connectivity index (χ3n) is 4.66. The molecular formula is C17H16N6O3S. The molecule has 2 aliphatic rings. The Kier molecular flexibility index (Phi) is 3.92. The van der Waals surface area contributed by atoms with E-state index in [0.29, 0.717) is 35.1 Å². The highest BCUT2D eigenvalue weighted by Gasteiger charge is 2.36. The second kappa shape index (κ2) is 6.45. The Morgan fingerprint density at radius 2 is 1.89 bits per heavy atom. The van der Waals surface area contributed by atoms with Gasteiger partial charge in [-0.05, 0) is 37.8 Å². The average Bonchev–Trinajstić information content (AvgIpc) is 3.61. The molecule has 2 aliphatic carbocycles. The summed E-state index contributed by atoms with van der Waals surface area (Å²) in [6.45, 7) is 0. The first-order valence-electron chi connectivity index (χ1n) is 8.84. The van der Waals surface area contributed by atoms with E-state index in [4.69, 9.17) is 4.42 Å². The lowest BCUT2D eigenvalue weighted by Gasteiger charge is -2.06. The number of hydrogen-bond donors (Lipinski definition) is 0. The van der Waals surface area contributed by atoms with E-state index < -0.39 is 4.92 Å². The van der Waals surface area contributed by atoms with Gasteiger partial charge in [-0.3, -0.25) is 10.1 Å². The molecule has 2 fully saturated rings. The van der Waals surface area contributed by atoms with Crippen LogP contribution >= 0.6 is 11.8 Å². The van der Waals surface area contributed by atoms with Gasteiger partial charge in [-0.25, -0.2) is 0 Å². The van der Waals surface area contributed by atoms with Crippen molar-refractivity contribution in [2.75, 3.05) is 0 Å². The van der Waals surface area contributed by atoms with Gasteiger partial charge in [-0.15, -0.1) is 20.4 Å². The maximum Gasteiger partial charge on any atom is 0.269 e. The van der Waals surface area contributed by atoms with Gasteiger partial charge in [0.2, 0.25) is 11.8 Å². The minimum atomic E-state index is -0.439. The van der Waals surface area contributed by atoms with Crippen molar-refractivity contribution in [1.82, 2.24) is 25.0 Å². The van der Waals surface area contributed by atoms with Crippen molar-refractivity contribution >= 4 is 17.4 Å². The predicted octanol–water partition coefficient (Wildman–Crippen LogP) is 3.74. The van der Waals surface area contributed by atoms with Crippen LogP contribution in [0, 0.1) is 10.1 Å². The molecule has 5 rings (SSSR count). The summed E-state index contributed by atoms with van der Waals surface area (Å²) < 4.78 is 7.99. The summed E-state index contributed by atoms with van der Waals surface area (Å²) >= 11 is 1.55. The molecule has 3 aromatic rings. The Labute approximate surface area is 158 Å². The van der Waals surface area contributed by atoms with Gasteiger partial charge in [0.15, 0.2) is 5.16 Å². The van der Waals surface area contributed by atoms with Crippen molar-refractivity contribution in [2.24, 2.45) is 0 Å². The molecule has 0 saturated heterocycles. The van der Waals surface area contributed by atoms with Gasteiger partial charge in [-0.1, -0.05) is 11.8 Å². The quantitative estimate of drug-likeness (QED) is 0.344. The largest absolute Gasteiger partial charge is 0.420 e. The highest BCUT2D eigenvalue weighted by molar-refractivity contribution is 7.98.